The second-order valence-electron chi connectivity index (χ2n) is 7.54. The Morgan fingerprint density at radius 2 is 0.879 bits per heavy atom. The lowest BCUT2D eigenvalue weighted by Gasteiger charge is -2.08. The molecule has 0 unspecified atom stereocenters. The van der Waals surface area contributed by atoms with Crippen molar-refractivity contribution in [1.29, 1.82) is 0 Å². The predicted octanol–water partition coefficient (Wildman–Crippen LogP) is 5.35. The number of unbranched alkanes of at least 4 members (excludes halogenated alkanes) is 3. The van der Waals surface area contributed by atoms with Gasteiger partial charge in [-0.3, -0.25) is 0 Å². The van der Waals surface area contributed by atoms with E-state index in [1.807, 2.05) is 18.2 Å². The third-order valence-corrected chi connectivity index (χ3v) is 5.07. The van der Waals surface area contributed by atoms with Crippen molar-refractivity contribution in [2.24, 2.45) is 15.0 Å². The highest BCUT2D eigenvalue weighted by atomic mass is 16.1. The van der Waals surface area contributed by atoms with Crippen LogP contribution in [0, 0.1) is 0 Å². The third-order valence-electron chi connectivity index (χ3n) is 5.07. The number of carbonyl (C=O) groups excluding carboxylic acids is 3. The Morgan fingerprint density at radius 1 is 0.485 bits per heavy atom. The number of aliphatic imine (C=N–C) groups is 3. The van der Waals surface area contributed by atoms with Gasteiger partial charge in [-0.25, -0.2) is 29.4 Å². The predicted molar refractivity (Wildman–Crippen MR) is 131 cm³/mol. The van der Waals surface area contributed by atoms with Crippen LogP contribution in [0.3, 0.4) is 0 Å². The van der Waals surface area contributed by atoms with Crippen molar-refractivity contribution >= 4 is 18.2 Å². The summed E-state index contributed by atoms with van der Waals surface area (Å²) in [5.74, 6) is 0. The molecule has 33 heavy (non-hydrogen) atoms. The molecule has 0 aromatic heterocycles. The van der Waals surface area contributed by atoms with Gasteiger partial charge in [0.15, 0.2) is 0 Å². The molecule has 0 amide bonds. The number of nitrogens with zero attached hydrogens (tertiary/aromatic N) is 3. The molecule has 6 heteroatoms. The molecule has 0 aliphatic carbocycles. The molecule has 0 aliphatic heterocycles. The van der Waals surface area contributed by atoms with Crippen molar-refractivity contribution in [1.82, 2.24) is 0 Å². The largest absolute Gasteiger partial charge is 0.234 e. The summed E-state index contributed by atoms with van der Waals surface area (Å²) in [6.07, 6.45) is 13.7. The van der Waals surface area contributed by atoms with Gasteiger partial charge in [-0.05, 0) is 74.5 Å². The van der Waals surface area contributed by atoms with Crippen molar-refractivity contribution < 1.29 is 14.4 Å². The molecular formula is C27H33N3O3. The maximum absolute atomic E-state index is 9.96. The van der Waals surface area contributed by atoms with Gasteiger partial charge >= 0.3 is 0 Å². The van der Waals surface area contributed by atoms with Crippen LogP contribution in [0.15, 0.2) is 69.6 Å². The minimum Gasteiger partial charge on any atom is -0.211 e. The summed E-state index contributed by atoms with van der Waals surface area (Å²) >= 11 is 0. The quantitative estimate of drug-likeness (QED) is 0.209. The number of benzene rings is 2. The molecule has 0 bridgehead atoms. The molecule has 2 rings (SSSR count). The molecule has 0 spiro atoms. The minimum absolute atomic E-state index is 0.565. The van der Waals surface area contributed by atoms with E-state index in [1.54, 1.807) is 18.2 Å². The molecule has 0 saturated carbocycles. The van der Waals surface area contributed by atoms with Gasteiger partial charge in [0, 0.05) is 0 Å². The van der Waals surface area contributed by atoms with E-state index in [9.17, 15) is 14.4 Å². The zero-order chi connectivity index (χ0) is 23.8. The fourth-order valence-corrected chi connectivity index (χ4v) is 3.36. The van der Waals surface area contributed by atoms with E-state index in [0.29, 0.717) is 19.6 Å². The Hall–Kier alpha value is -3.42. The Labute approximate surface area is 196 Å². The maximum atomic E-state index is 9.96. The van der Waals surface area contributed by atoms with Crippen LogP contribution >= 0.6 is 0 Å². The molecule has 0 atom stereocenters. The van der Waals surface area contributed by atoms with Gasteiger partial charge in [-0.15, -0.1) is 0 Å². The van der Waals surface area contributed by atoms with E-state index in [1.165, 1.54) is 16.7 Å². The van der Waals surface area contributed by atoms with Crippen LogP contribution in [-0.4, -0.2) is 37.9 Å². The molecule has 0 saturated heterocycles. The van der Waals surface area contributed by atoms with Crippen LogP contribution in [-0.2, 0) is 33.6 Å². The van der Waals surface area contributed by atoms with Crippen molar-refractivity contribution in [2.75, 3.05) is 19.6 Å². The van der Waals surface area contributed by atoms with Crippen LogP contribution < -0.4 is 0 Å². The molecular weight excluding hydrogens is 414 g/mol. The molecule has 2 aromatic rings. The lowest BCUT2D eigenvalue weighted by Crippen LogP contribution is -1.96. The van der Waals surface area contributed by atoms with Gasteiger partial charge < -0.3 is 0 Å². The van der Waals surface area contributed by atoms with E-state index in [0.717, 1.165) is 57.8 Å². The zero-order valence-corrected chi connectivity index (χ0v) is 19.2. The van der Waals surface area contributed by atoms with Crippen molar-refractivity contribution in [2.45, 2.75) is 57.8 Å². The zero-order valence-electron chi connectivity index (χ0n) is 19.2. The molecule has 0 N–H and O–H groups in total. The minimum atomic E-state index is 0.565. The smallest absolute Gasteiger partial charge is 0.211 e. The molecule has 0 heterocycles. The van der Waals surface area contributed by atoms with Crippen LogP contribution in [0.25, 0.3) is 0 Å². The lowest BCUT2D eigenvalue weighted by atomic mass is 9.98. The van der Waals surface area contributed by atoms with Crippen molar-refractivity contribution in [3.05, 3.63) is 71.3 Å². The number of rotatable bonds is 15. The fraction of sp³-hybridized carbons (Fsp3) is 0.444. The Morgan fingerprint density at radius 3 is 1.30 bits per heavy atom. The van der Waals surface area contributed by atoms with Gasteiger partial charge in [0.05, 0.1) is 19.6 Å². The van der Waals surface area contributed by atoms with Crippen LogP contribution in [0.4, 0.5) is 0 Å². The van der Waals surface area contributed by atoms with Gasteiger partial charge in [0.25, 0.3) is 0 Å². The topological polar surface area (TPSA) is 88.3 Å². The van der Waals surface area contributed by atoms with Gasteiger partial charge in [0.2, 0.25) is 18.2 Å². The summed E-state index contributed by atoms with van der Waals surface area (Å²) in [5.41, 5.74) is 4.07. The van der Waals surface area contributed by atoms with Gasteiger partial charge in [0.1, 0.15) is 0 Å². The summed E-state index contributed by atoms with van der Waals surface area (Å²) in [5, 5.41) is 0. The monoisotopic (exact) mass is 447 g/mol. The number of hydrogen-bond acceptors (Lipinski definition) is 6. The molecule has 6 nitrogen and oxygen atoms in total. The first kappa shape index (κ1) is 27.6. The normalized spacial score (nSPS) is 9.45. The van der Waals surface area contributed by atoms with Crippen molar-refractivity contribution in [3.63, 3.8) is 0 Å². The van der Waals surface area contributed by atoms with E-state index in [2.05, 4.69) is 51.4 Å². The Balaban J connectivity index is 0.000000361. The first-order valence-corrected chi connectivity index (χ1v) is 11.5. The second-order valence-corrected chi connectivity index (χ2v) is 7.54. The first-order valence-electron chi connectivity index (χ1n) is 11.5. The Bertz CT molecular complexity index is 866. The molecule has 174 valence electrons. The summed E-state index contributed by atoms with van der Waals surface area (Å²) in [4.78, 5) is 40.3. The second kappa shape index (κ2) is 20.5. The van der Waals surface area contributed by atoms with Crippen LogP contribution in [0.5, 0.6) is 0 Å². The standard InChI is InChI=1S/C16H20N2O2.C11H13NO/c19-13-17-11-5-3-9-15-7-1-2-8-16(15)10-4-6-12-18-14-20;13-10-12-9-5-4-8-11-6-2-1-3-7-11/h1-2,7-8H,3-6,9-12H2;1-3,6-7H,4-5,8-9H2. The highest BCUT2D eigenvalue weighted by Crippen LogP contribution is 2.15. The number of aryl methyl sites for hydroxylation is 3. The lowest BCUT2D eigenvalue weighted by molar-refractivity contribution is 0.561. The van der Waals surface area contributed by atoms with Gasteiger partial charge in [-0.2, -0.15) is 0 Å². The molecule has 0 fully saturated rings. The number of isocyanates is 3. The van der Waals surface area contributed by atoms with E-state index in [4.69, 9.17) is 0 Å². The highest BCUT2D eigenvalue weighted by Gasteiger charge is 2.01. The van der Waals surface area contributed by atoms with E-state index < -0.39 is 0 Å². The summed E-state index contributed by atoms with van der Waals surface area (Å²) in [6, 6.07) is 18.7. The SMILES string of the molecule is O=C=NCCCCc1ccccc1.O=C=NCCCCc1ccccc1CCCCN=C=O. The molecule has 2 aromatic carbocycles. The average Bonchev–Trinajstić information content (AvgIpc) is 2.85. The fourth-order valence-electron chi connectivity index (χ4n) is 3.36. The molecule has 0 radical (unpaired) electrons. The third kappa shape index (κ3) is 15.1. The van der Waals surface area contributed by atoms with Gasteiger partial charge in [-0.1, -0.05) is 54.6 Å². The van der Waals surface area contributed by atoms with Crippen molar-refractivity contribution in [3.8, 4) is 0 Å². The van der Waals surface area contributed by atoms with Crippen LogP contribution in [0.1, 0.15) is 55.2 Å². The van der Waals surface area contributed by atoms with Crippen LogP contribution in [0.2, 0.25) is 0 Å². The average molecular weight is 448 g/mol. The van der Waals surface area contributed by atoms with E-state index >= 15 is 0 Å². The molecule has 0 aliphatic rings. The number of hydrogen-bond donors (Lipinski definition) is 0. The maximum Gasteiger partial charge on any atom is 0.234 e. The summed E-state index contributed by atoms with van der Waals surface area (Å²) in [6.45, 7) is 1.74. The summed E-state index contributed by atoms with van der Waals surface area (Å²) < 4.78 is 0. The highest BCUT2D eigenvalue weighted by molar-refractivity contribution is 5.33. The summed E-state index contributed by atoms with van der Waals surface area (Å²) in [7, 11) is 0. The van der Waals surface area contributed by atoms with E-state index in [-0.39, 0.29) is 0 Å². The first-order chi connectivity index (χ1) is 16.3. The Kier molecular flexibility index (Phi) is 17.1.